The van der Waals surface area contributed by atoms with Gasteiger partial charge in [0.25, 0.3) is 0 Å². The summed E-state index contributed by atoms with van der Waals surface area (Å²) >= 11 is 6.26. The number of halogens is 1. The van der Waals surface area contributed by atoms with Crippen LogP contribution in [-0.4, -0.2) is 31.8 Å². The highest BCUT2D eigenvalue weighted by atomic mass is 35.5. The lowest BCUT2D eigenvalue weighted by Crippen LogP contribution is -2.35. The van der Waals surface area contributed by atoms with Gasteiger partial charge in [0.05, 0.1) is 6.10 Å². The maximum absolute atomic E-state index is 6.26. The Labute approximate surface area is 116 Å². The molecule has 0 spiro atoms. The lowest BCUT2D eigenvalue weighted by molar-refractivity contribution is 0.0176. The predicted octanol–water partition coefficient (Wildman–Crippen LogP) is 3.86. The largest absolute Gasteiger partial charge is 0.381 e. The molecule has 106 valence electrons. The molecule has 2 fully saturated rings. The molecule has 1 aliphatic heterocycles. The summed E-state index contributed by atoms with van der Waals surface area (Å²) in [4.78, 5) is 0. The van der Waals surface area contributed by atoms with E-state index >= 15 is 0 Å². The van der Waals surface area contributed by atoms with Gasteiger partial charge in [-0.1, -0.05) is 13.8 Å². The first kappa shape index (κ1) is 14.6. The fourth-order valence-electron chi connectivity index (χ4n) is 2.92. The second-order valence-electron chi connectivity index (χ2n) is 6.42. The van der Waals surface area contributed by atoms with E-state index in [-0.39, 0.29) is 5.41 Å². The number of ether oxygens (including phenoxy) is 2. The number of hydrogen-bond acceptors (Lipinski definition) is 2. The quantitative estimate of drug-likeness (QED) is 0.494. The van der Waals surface area contributed by atoms with Crippen LogP contribution in [0, 0.1) is 17.3 Å². The predicted molar refractivity (Wildman–Crippen MR) is 75.1 cm³/mol. The summed E-state index contributed by atoms with van der Waals surface area (Å²) in [5.41, 5.74) is 0.195. The van der Waals surface area contributed by atoms with Crippen molar-refractivity contribution in [2.75, 3.05) is 25.7 Å². The molecule has 2 nitrogen and oxygen atoms in total. The molecule has 0 radical (unpaired) electrons. The van der Waals surface area contributed by atoms with Gasteiger partial charge < -0.3 is 9.47 Å². The Hall–Kier alpha value is 0.210. The van der Waals surface area contributed by atoms with E-state index in [0.717, 1.165) is 56.8 Å². The van der Waals surface area contributed by atoms with E-state index in [1.54, 1.807) is 0 Å². The second kappa shape index (κ2) is 6.58. The number of hydrogen-bond donors (Lipinski definition) is 0. The van der Waals surface area contributed by atoms with Crippen LogP contribution in [0.15, 0.2) is 0 Å². The van der Waals surface area contributed by atoms with Gasteiger partial charge in [-0.3, -0.25) is 0 Å². The molecular weight excluding hydrogens is 248 g/mol. The molecule has 2 unspecified atom stereocenters. The Bertz CT molecular complexity index is 253. The van der Waals surface area contributed by atoms with Gasteiger partial charge in [0.2, 0.25) is 0 Å². The molecule has 0 aromatic rings. The molecule has 0 bridgehead atoms. The van der Waals surface area contributed by atoms with Crippen LogP contribution in [0.5, 0.6) is 0 Å². The summed E-state index contributed by atoms with van der Waals surface area (Å²) in [5, 5.41) is 0. The molecule has 0 aromatic heterocycles. The van der Waals surface area contributed by atoms with E-state index in [9.17, 15) is 0 Å². The molecule has 0 aromatic carbocycles. The monoisotopic (exact) mass is 274 g/mol. The summed E-state index contributed by atoms with van der Waals surface area (Å²) in [6, 6.07) is 0. The van der Waals surface area contributed by atoms with Crippen LogP contribution in [0.3, 0.4) is 0 Å². The molecule has 1 saturated carbocycles. The Balaban J connectivity index is 1.73. The van der Waals surface area contributed by atoms with E-state index in [0.29, 0.717) is 6.10 Å². The number of alkyl halides is 1. The van der Waals surface area contributed by atoms with Crippen LogP contribution in [0.1, 0.15) is 46.0 Å². The maximum Gasteiger partial charge on any atom is 0.0672 e. The summed E-state index contributed by atoms with van der Waals surface area (Å²) in [6.07, 6.45) is 6.40. The van der Waals surface area contributed by atoms with E-state index < -0.39 is 0 Å². The second-order valence-corrected chi connectivity index (χ2v) is 6.69. The minimum absolute atomic E-state index is 0.195. The highest BCUT2D eigenvalue weighted by molar-refractivity contribution is 6.18. The first-order valence-corrected chi connectivity index (χ1v) is 7.97. The van der Waals surface area contributed by atoms with Crippen molar-refractivity contribution in [3.8, 4) is 0 Å². The van der Waals surface area contributed by atoms with Crippen molar-refractivity contribution >= 4 is 11.6 Å². The molecular formula is C15H27ClO2. The van der Waals surface area contributed by atoms with E-state index in [2.05, 4.69) is 13.8 Å². The standard InChI is InChI=1S/C15H27ClO2/c1-12(2)5-8-17-9-6-15(11-16)7-10-18-14(15)13-3-4-13/h12-14H,3-11H2,1-2H3. The molecule has 2 atom stereocenters. The SMILES string of the molecule is CC(C)CCOCCC1(CCl)CCOC1C1CC1. The van der Waals surface area contributed by atoms with Gasteiger partial charge in [-0.2, -0.15) is 0 Å². The first-order chi connectivity index (χ1) is 8.68. The fourth-order valence-corrected chi connectivity index (χ4v) is 3.34. The van der Waals surface area contributed by atoms with E-state index in [1.165, 1.54) is 12.8 Å². The summed E-state index contributed by atoms with van der Waals surface area (Å²) in [7, 11) is 0. The normalized spacial score (nSPS) is 32.3. The van der Waals surface area contributed by atoms with Gasteiger partial charge in [0.1, 0.15) is 0 Å². The Morgan fingerprint density at radius 3 is 2.72 bits per heavy atom. The van der Waals surface area contributed by atoms with Crippen molar-refractivity contribution in [3.63, 3.8) is 0 Å². The van der Waals surface area contributed by atoms with Crippen LogP contribution in [0.2, 0.25) is 0 Å². The third-order valence-corrected chi connectivity index (χ3v) is 4.93. The molecule has 0 amide bonds. The smallest absolute Gasteiger partial charge is 0.0672 e. The zero-order chi connectivity index (χ0) is 13.0. The fraction of sp³-hybridized carbons (Fsp3) is 1.00. The first-order valence-electron chi connectivity index (χ1n) is 7.43. The average Bonchev–Trinajstić information content (AvgIpc) is 3.10. The van der Waals surface area contributed by atoms with Gasteiger partial charge >= 0.3 is 0 Å². The van der Waals surface area contributed by atoms with Gasteiger partial charge in [-0.05, 0) is 43.9 Å². The van der Waals surface area contributed by atoms with Crippen LogP contribution in [0.4, 0.5) is 0 Å². The molecule has 2 rings (SSSR count). The van der Waals surface area contributed by atoms with Gasteiger partial charge in [0.15, 0.2) is 0 Å². The average molecular weight is 275 g/mol. The minimum atomic E-state index is 0.195. The van der Waals surface area contributed by atoms with Gasteiger partial charge in [-0.25, -0.2) is 0 Å². The van der Waals surface area contributed by atoms with Crippen LogP contribution < -0.4 is 0 Å². The highest BCUT2D eigenvalue weighted by Gasteiger charge is 2.50. The van der Waals surface area contributed by atoms with E-state index in [1.807, 2.05) is 0 Å². The molecule has 0 N–H and O–H groups in total. The lowest BCUT2D eigenvalue weighted by Gasteiger charge is -2.32. The molecule has 1 saturated heterocycles. The van der Waals surface area contributed by atoms with Crippen LogP contribution >= 0.6 is 11.6 Å². The molecule has 1 aliphatic carbocycles. The molecule has 3 heteroatoms. The Morgan fingerprint density at radius 1 is 1.33 bits per heavy atom. The lowest BCUT2D eigenvalue weighted by atomic mass is 9.78. The van der Waals surface area contributed by atoms with Crippen molar-refractivity contribution in [1.82, 2.24) is 0 Å². The van der Waals surface area contributed by atoms with Gasteiger partial charge in [0, 0.05) is 31.1 Å². The summed E-state index contributed by atoms with van der Waals surface area (Å²) < 4.78 is 11.7. The topological polar surface area (TPSA) is 18.5 Å². The zero-order valence-corrected chi connectivity index (χ0v) is 12.5. The van der Waals surface area contributed by atoms with Crippen molar-refractivity contribution in [2.24, 2.45) is 17.3 Å². The van der Waals surface area contributed by atoms with Crippen molar-refractivity contribution in [2.45, 2.75) is 52.1 Å². The van der Waals surface area contributed by atoms with Crippen molar-refractivity contribution in [3.05, 3.63) is 0 Å². The van der Waals surface area contributed by atoms with Gasteiger partial charge in [-0.15, -0.1) is 11.6 Å². The van der Waals surface area contributed by atoms with Crippen molar-refractivity contribution in [1.29, 1.82) is 0 Å². The highest BCUT2D eigenvalue weighted by Crippen LogP contribution is 2.50. The number of rotatable bonds is 8. The maximum atomic E-state index is 6.26. The Kier molecular flexibility index (Phi) is 5.35. The zero-order valence-electron chi connectivity index (χ0n) is 11.8. The molecule has 2 aliphatic rings. The van der Waals surface area contributed by atoms with Crippen LogP contribution in [0.25, 0.3) is 0 Å². The van der Waals surface area contributed by atoms with E-state index in [4.69, 9.17) is 21.1 Å². The Morgan fingerprint density at radius 2 is 2.11 bits per heavy atom. The summed E-state index contributed by atoms with van der Waals surface area (Å²) in [6.45, 7) is 7.08. The third kappa shape index (κ3) is 3.61. The third-order valence-electron chi connectivity index (χ3n) is 4.40. The summed E-state index contributed by atoms with van der Waals surface area (Å²) in [5.74, 6) is 2.23. The molecule has 1 heterocycles. The van der Waals surface area contributed by atoms with Crippen LogP contribution in [-0.2, 0) is 9.47 Å². The molecule has 18 heavy (non-hydrogen) atoms. The minimum Gasteiger partial charge on any atom is -0.381 e. The van der Waals surface area contributed by atoms with Crippen molar-refractivity contribution < 1.29 is 9.47 Å².